The number of hydrogen-bond acceptors (Lipinski definition) is 8. The Labute approximate surface area is 372 Å². The van der Waals surface area contributed by atoms with Gasteiger partial charge in [-0.25, -0.2) is 9.97 Å². The van der Waals surface area contributed by atoms with E-state index in [1.54, 1.807) is 0 Å². The van der Waals surface area contributed by atoms with Crippen LogP contribution in [0.15, 0.2) is 180 Å². The van der Waals surface area contributed by atoms with Crippen molar-refractivity contribution in [1.29, 1.82) is 0 Å². The maximum absolute atomic E-state index is 5.33. The van der Waals surface area contributed by atoms with Crippen molar-refractivity contribution < 1.29 is 0 Å². The average molecular weight is 837 g/mol. The van der Waals surface area contributed by atoms with Crippen molar-refractivity contribution in [3.63, 3.8) is 0 Å². The van der Waals surface area contributed by atoms with Crippen LogP contribution >= 0.6 is 0 Å². The summed E-state index contributed by atoms with van der Waals surface area (Å²) in [6.45, 7) is 0. The van der Waals surface area contributed by atoms with Gasteiger partial charge >= 0.3 is 0 Å². The second-order valence-corrected chi connectivity index (χ2v) is 17.1. The first kappa shape index (κ1) is 38.9. The minimum atomic E-state index is 0.00197. The van der Waals surface area contributed by atoms with Gasteiger partial charge in [-0.1, -0.05) is 72.8 Å². The molecule has 2 aliphatic heterocycles. The molecule has 314 valence electrons. The van der Waals surface area contributed by atoms with Gasteiger partial charge in [-0.2, -0.15) is 10.2 Å². The second-order valence-electron chi connectivity index (χ2n) is 17.1. The van der Waals surface area contributed by atoms with Gasteiger partial charge in [-0.05, 0) is 119 Å². The van der Waals surface area contributed by atoms with Gasteiger partial charge in [0.05, 0.1) is 56.9 Å². The third-order valence-electron chi connectivity index (χ3n) is 12.5. The van der Waals surface area contributed by atoms with E-state index in [0.29, 0.717) is 0 Å². The Morgan fingerprint density at radius 1 is 0.422 bits per heavy atom. The molecule has 2 aromatic heterocycles. The second kappa shape index (κ2) is 16.0. The standard InChI is InChI=1S/C54H48N10/c1-61(2)41-25-17-35(18-26-41)49-33-51(63(59-49)43-29-21-39(22-30-43)53-55-45-9-5-6-10-46(45)56-53)37-13-15-38(16-14-37)52-34-50(36-19-27-42(28-20-36)62(3)4)60-64(52)44-31-23-40(24-32-44)54-57-47-11-7-8-12-48(47)58-54/h5-32,51-52H,33-34H2,1-4H3,(H,55,56)(H,57,58). The summed E-state index contributed by atoms with van der Waals surface area (Å²) >= 11 is 0. The highest BCUT2D eigenvalue weighted by molar-refractivity contribution is 6.04. The monoisotopic (exact) mass is 836 g/mol. The van der Waals surface area contributed by atoms with Crippen LogP contribution in [-0.2, 0) is 0 Å². The number of anilines is 4. The fraction of sp³-hybridized carbons (Fsp3) is 0.148. The first-order valence-electron chi connectivity index (χ1n) is 21.8. The lowest BCUT2D eigenvalue weighted by molar-refractivity contribution is 0.696. The number of benzene rings is 7. The summed E-state index contributed by atoms with van der Waals surface area (Å²) in [5, 5.41) is 15.0. The molecule has 4 heterocycles. The smallest absolute Gasteiger partial charge is 0.138 e. The molecule has 0 amide bonds. The highest BCUT2D eigenvalue weighted by Gasteiger charge is 2.33. The van der Waals surface area contributed by atoms with E-state index < -0.39 is 0 Å². The van der Waals surface area contributed by atoms with Gasteiger partial charge in [0.1, 0.15) is 11.6 Å². The minimum Gasteiger partial charge on any atom is -0.378 e. The molecule has 0 bridgehead atoms. The van der Waals surface area contributed by atoms with Crippen LogP contribution in [0.3, 0.4) is 0 Å². The molecule has 0 spiro atoms. The fourth-order valence-electron chi connectivity index (χ4n) is 8.93. The lowest BCUT2D eigenvalue weighted by Crippen LogP contribution is -2.20. The molecule has 2 atom stereocenters. The number of rotatable bonds is 10. The molecule has 10 heteroatoms. The van der Waals surface area contributed by atoms with Gasteiger partial charge in [-0.3, -0.25) is 10.0 Å². The molecular formula is C54H48N10. The molecule has 64 heavy (non-hydrogen) atoms. The summed E-state index contributed by atoms with van der Waals surface area (Å²) in [5.41, 5.74) is 17.2. The van der Waals surface area contributed by atoms with Crippen molar-refractivity contribution in [2.45, 2.75) is 24.9 Å². The van der Waals surface area contributed by atoms with E-state index in [9.17, 15) is 0 Å². The number of fused-ring (bicyclic) bond motifs is 2. The topological polar surface area (TPSA) is 95.0 Å². The van der Waals surface area contributed by atoms with E-state index in [1.165, 1.54) is 11.1 Å². The van der Waals surface area contributed by atoms with Crippen LogP contribution in [0.25, 0.3) is 44.8 Å². The third kappa shape index (κ3) is 7.32. The normalized spacial score (nSPS) is 16.1. The van der Waals surface area contributed by atoms with Gasteiger partial charge in [0.15, 0.2) is 0 Å². The molecule has 0 radical (unpaired) electrons. The number of nitrogens with zero attached hydrogens (tertiary/aromatic N) is 8. The van der Waals surface area contributed by atoms with Crippen molar-refractivity contribution in [3.8, 4) is 22.8 Å². The summed E-state index contributed by atoms with van der Waals surface area (Å²) < 4.78 is 0. The number of hydrazone groups is 2. The predicted octanol–water partition coefficient (Wildman–Crippen LogP) is 11.6. The van der Waals surface area contributed by atoms with Crippen LogP contribution < -0.4 is 19.8 Å². The van der Waals surface area contributed by atoms with Gasteiger partial charge in [0.2, 0.25) is 0 Å². The van der Waals surface area contributed by atoms with Crippen molar-refractivity contribution in [1.82, 2.24) is 19.9 Å². The zero-order chi connectivity index (χ0) is 43.3. The van der Waals surface area contributed by atoms with Crippen molar-refractivity contribution in [2.75, 3.05) is 48.0 Å². The lowest BCUT2D eigenvalue weighted by Gasteiger charge is -2.26. The Hall–Kier alpha value is -7.98. The van der Waals surface area contributed by atoms with Crippen molar-refractivity contribution in [3.05, 3.63) is 192 Å². The molecule has 2 N–H and O–H groups in total. The Kier molecular flexibility index (Phi) is 9.76. The van der Waals surface area contributed by atoms with Gasteiger partial charge < -0.3 is 19.8 Å². The molecule has 0 saturated carbocycles. The van der Waals surface area contributed by atoms with E-state index in [4.69, 9.17) is 20.2 Å². The Morgan fingerprint density at radius 2 is 0.781 bits per heavy atom. The first-order chi connectivity index (χ1) is 31.3. The van der Waals surface area contributed by atoms with Crippen LogP contribution in [0.2, 0.25) is 0 Å². The third-order valence-corrected chi connectivity index (χ3v) is 12.5. The van der Waals surface area contributed by atoms with Crippen LogP contribution in [-0.4, -0.2) is 59.5 Å². The molecule has 2 unspecified atom stereocenters. The largest absolute Gasteiger partial charge is 0.378 e. The zero-order valence-corrected chi connectivity index (χ0v) is 36.3. The number of para-hydroxylation sites is 4. The van der Waals surface area contributed by atoms with Crippen molar-refractivity contribution in [2.24, 2.45) is 10.2 Å². The number of aromatic nitrogens is 4. The number of imidazole rings is 2. The molecule has 0 aliphatic carbocycles. The molecule has 7 aromatic carbocycles. The quantitative estimate of drug-likeness (QED) is 0.142. The average Bonchev–Trinajstić information content (AvgIpc) is 4.17. The maximum atomic E-state index is 5.33. The molecule has 2 aliphatic rings. The highest BCUT2D eigenvalue weighted by Crippen LogP contribution is 2.41. The Morgan fingerprint density at radius 3 is 1.14 bits per heavy atom. The Balaban J connectivity index is 0.908. The van der Waals surface area contributed by atoms with E-state index in [2.05, 4.69) is 191 Å². The molecule has 11 rings (SSSR count). The Bertz CT molecular complexity index is 2880. The molecule has 0 saturated heterocycles. The molecular weight excluding hydrogens is 789 g/mol. The zero-order valence-electron chi connectivity index (χ0n) is 36.3. The number of hydrogen-bond donors (Lipinski definition) is 2. The SMILES string of the molecule is CN(C)c1ccc(C2=NN(c3ccc(-c4nc5ccccc5[nH]4)cc3)C(c3ccc(C4CC(c5ccc(N(C)C)cc5)=NN4c4ccc(-c5nc6ccccc6[nH]5)cc4)cc3)C2)cc1. The molecule has 0 fully saturated rings. The molecule has 9 aromatic rings. The lowest BCUT2D eigenvalue weighted by atomic mass is 9.94. The summed E-state index contributed by atoms with van der Waals surface area (Å²) in [7, 11) is 8.27. The van der Waals surface area contributed by atoms with Gasteiger partial charge in [0, 0.05) is 63.5 Å². The van der Waals surface area contributed by atoms with E-state index >= 15 is 0 Å². The van der Waals surface area contributed by atoms with Crippen LogP contribution in [0.5, 0.6) is 0 Å². The van der Waals surface area contributed by atoms with E-state index in [1.807, 2.05) is 36.4 Å². The molecule has 10 nitrogen and oxygen atoms in total. The number of aromatic amines is 2. The maximum Gasteiger partial charge on any atom is 0.138 e. The summed E-state index contributed by atoms with van der Waals surface area (Å²) in [6, 6.07) is 60.0. The summed E-state index contributed by atoms with van der Waals surface area (Å²) in [5.74, 6) is 1.71. The first-order valence-corrected chi connectivity index (χ1v) is 21.8. The van der Waals surface area contributed by atoms with Crippen LogP contribution in [0, 0.1) is 0 Å². The minimum absolute atomic E-state index is 0.00197. The summed E-state index contributed by atoms with van der Waals surface area (Å²) in [4.78, 5) is 20.9. The fourth-order valence-corrected chi connectivity index (χ4v) is 8.93. The van der Waals surface area contributed by atoms with Gasteiger partial charge in [-0.15, -0.1) is 0 Å². The summed E-state index contributed by atoms with van der Waals surface area (Å²) in [6.07, 6.45) is 1.55. The van der Waals surface area contributed by atoms with Crippen molar-refractivity contribution >= 4 is 56.2 Å². The highest BCUT2D eigenvalue weighted by atomic mass is 15.5. The van der Waals surface area contributed by atoms with Gasteiger partial charge in [0.25, 0.3) is 0 Å². The van der Waals surface area contributed by atoms with Crippen LogP contribution in [0.1, 0.15) is 47.2 Å². The number of nitrogens with one attached hydrogen (secondary N) is 2. The van der Waals surface area contributed by atoms with E-state index in [-0.39, 0.29) is 12.1 Å². The number of H-pyrrole nitrogens is 2. The van der Waals surface area contributed by atoms with E-state index in [0.717, 1.165) is 103 Å². The van der Waals surface area contributed by atoms with Crippen LogP contribution in [0.4, 0.5) is 22.7 Å². The predicted molar refractivity (Wildman–Crippen MR) is 264 cm³/mol.